The number of carbonyl (C=O) groups excluding carboxylic acids is 2. The number of benzene rings is 1. The Morgan fingerprint density at radius 2 is 1.96 bits per heavy atom. The molecule has 6 heteroatoms. The summed E-state index contributed by atoms with van der Waals surface area (Å²) in [5.41, 5.74) is 2.47. The number of carbonyl (C=O) groups is 2. The molecule has 0 spiro atoms. The predicted octanol–water partition coefficient (Wildman–Crippen LogP) is 2.03. The van der Waals surface area contributed by atoms with E-state index in [1.807, 2.05) is 11.8 Å². The molecule has 0 bridgehead atoms. The molecule has 5 nitrogen and oxygen atoms in total. The normalized spacial score (nSPS) is 23.8. The number of rotatable bonds is 4. The molecular formula is C19H27N3O2S. The summed E-state index contributed by atoms with van der Waals surface area (Å²) in [6, 6.07) is 8.28. The maximum Gasteiger partial charge on any atom is 0.246 e. The van der Waals surface area contributed by atoms with Crippen molar-refractivity contribution in [1.29, 1.82) is 0 Å². The lowest BCUT2D eigenvalue weighted by atomic mass is 10.00. The average Bonchev–Trinajstić information content (AvgIpc) is 3.16. The molecule has 0 aromatic heterocycles. The molecule has 136 valence electrons. The van der Waals surface area contributed by atoms with Crippen LogP contribution >= 0.6 is 11.8 Å². The van der Waals surface area contributed by atoms with Gasteiger partial charge < -0.3 is 15.1 Å². The topological polar surface area (TPSA) is 52.7 Å². The van der Waals surface area contributed by atoms with E-state index in [1.165, 1.54) is 5.56 Å². The van der Waals surface area contributed by atoms with Crippen LogP contribution in [-0.2, 0) is 16.0 Å². The minimum atomic E-state index is -0.312. The minimum Gasteiger partial charge on any atom is -0.331 e. The van der Waals surface area contributed by atoms with E-state index in [0.29, 0.717) is 24.6 Å². The SMILES string of the molecule is CCC(=O)N1CSCC1C(=O)N1CCNCC1c1ccc(CC)cc1. The van der Waals surface area contributed by atoms with Crippen LogP contribution in [0, 0.1) is 0 Å². The molecule has 0 saturated carbocycles. The zero-order valence-electron chi connectivity index (χ0n) is 15.0. The molecule has 2 atom stereocenters. The van der Waals surface area contributed by atoms with E-state index >= 15 is 0 Å². The Morgan fingerprint density at radius 3 is 2.64 bits per heavy atom. The van der Waals surface area contributed by atoms with Gasteiger partial charge in [0.05, 0.1) is 11.9 Å². The minimum absolute atomic E-state index is 0.0383. The first-order chi connectivity index (χ1) is 12.2. The molecular weight excluding hydrogens is 334 g/mol. The summed E-state index contributed by atoms with van der Waals surface area (Å²) in [6.07, 6.45) is 1.47. The summed E-state index contributed by atoms with van der Waals surface area (Å²) in [5.74, 6) is 1.50. The molecule has 1 aromatic rings. The van der Waals surface area contributed by atoms with Gasteiger partial charge in [0, 0.05) is 31.8 Å². The van der Waals surface area contributed by atoms with Crippen molar-refractivity contribution in [3.05, 3.63) is 35.4 Å². The van der Waals surface area contributed by atoms with Crippen molar-refractivity contribution >= 4 is 23.6 Å². The highest BCUT2D eigenvalue weighted by molar-refractivity contribution is 7.99. The van der Waals surface area contributed by atoms with Crippen molar-refractivity contribution in [3.63, 3.8) is 0 Å². The molecule has 2 unspecified atom stereocenters. The van der Waals surface area contributed by atoms with Gasteiger partial charge in [0.2, 0.25) is 11.8 Å². The van der Waals surface area contributed by atoms with Crippen molar-refractivity contribution in [1.82, 2.24) is 15.1 Å². The van der Waals surface area contributed by atoms with Crippen molar-refractivity contribution in [3.8, 4) is 0 Å². The molecule has 0 aliphatic carbocycles. The molecule has 2 fully saturated rings. The maximum atomic E-state index is 13.2. The van der Waals surface area contributed by atoms with Gasteiger partial charge in [0.1, 0.15) is 6.04 Å². The number of nitrogens with one attached hydrogen (secondary N) is 1. The third kappa shape index (κ3) is 3.85. The van der Waals surface area contributed by atoms with Crippen LogP contribution < -0.4 is 5.32 Å². The molecule has 2 saturated heterocycles. The van der Waals surface area contributed by atoms with E-state index in [9.17, 15) is 9.59 Å². The second-order valence-electron chi connectivity index (χ2n) is 6.58. The molecule has 2 aliphatic rings. The van der Waals surface area contributed by atoms with Gasteiger partial charge in [-0.25, -0.2) is 0 Å². The van der Waals surface area contributed by atoms with E-state index in [1.54, 1.807) is 16.7 Å². The van der Waals surface area contributed by atoms with Crippen molar-refractivity contribution in [2.45, 2.75) is 38.8 Å². The number of piperazine rings is 1. The van der Waals surface area contributed by atoms with Crippen molar-refractivity contribution in [2.24, 2.45) is 0 Å². The van der Waals surface area contributed by atoms with E-state index in [2.05, 4.69) is 36.5 Å². The van der Waals surface area contributed by atoms with Crippen LogP contribution in [0.4, 0.5) is 0 Å². The second kappa shape index (κ2) is 8.23. The number of amides is 2. The van der Waals surface area contributed by atoms with Crippen LogP contribution in [0.15, 0.2) is 24.3 Å². The Hall–Kier alpha value is -1.53. The van der Waals surface area contributed by atoms with Gasteiger partial charge in [-0.1, -0.05) is 38.1 Å². The zero-order chi connectivity index (χ0) is 17.8. The lowest BCUT2D eigenvalue weighted by Gasteiger charge is -2.39. The van der Waals surface area contributed by atoms with Gasteiger partial charge in [-0.2, -0.15) is 0 Å². The highest BCUT2D eigenvalue weighted by Crippen LogP contribution is 2.28. The third-order valence-corrected chi connectivity index (χ3v) is 6.10. The monoisotopic (exact) mass is 361 g/mol. The Kier molecular flexibility index (Phi) is 6.02. The van der Waals surface area contributed by atoms with Gasteiger partial charge in [0.25, 0.3) is 0 Å². The van der Waals surface area contributed by atoms with Gasteiger partial charge >= 0.3 is 0 Å². The van der Waals surface area contributed by atoms with E-state index in [0.717, 1.165) is 25.1 Å². The first kappa shape index (κ1) is 18.3. The standard InChI is InChI=1S/C19H27N3O2S/c1-3-14-5-7-15(8-6-14)16-11-20-9-10-21(16)19(24)17-12-25-13-22(17)18(23)4-2/h5-8,16-17,20H,3-4,9-13H2,1-2H3. The van der Waals surface area contributed by atoms with Gasteiger partial charge in [-0.05, 0) is 17.5 Å². The largest absolute Gasteiger partial charge is 0.331 e. The first-order valence-corrected chi connectivity index (χ1v) is 10.3. The predicted molar refractivity (Wildman–Crippen MR) is 101 cm³/mol. The quantitative estimate of drug-likeness (QED) is 0.892. The third-order valence-electron chi connectivity index (χ3n) is 5.09. The average molecular weight is 362 g/mol. The molecule has 25 heavy (non-hydrogen) atoms. The Bertz CT molecular complexity index is 620. The summed E-state index contributed by atoms with van der Waals surface area (Å²) in [4.78, 5) is 29.1. The van der Waals surface area contributed by atoms with Crippen LogP contribution in [-0.4, -0.2) is 58.9 Å². The smallest absolute Gasteiger partial charge is 0.246 e. The summed E-state index contributed by atoms with van der Waals surface area (Å²) in [5, 5.41) is 3.40. The highest BCUT2D eigenvalue weighted by Gasteiger charge is 2.39. The molecule has 0 radical (unpaired) electrons. The molecule has 1 aromatic carbocycles. The number of hydrogen-bond acceptors (Lipinski definition) is 4. The number of aryl methyl sites for hydroxylation is 1. The number of nitrogens with zero attached hydrogens (tertiary/aromatic N) is 2. The maximum absolute atomic E-state index is 13.2. The van der Waals surface area contributed by atoms with Gasteiger partial charge in [-0.3, -0.25) is 9.59 Å². The van der Waals surface area contributed by atoms with Crippen LogP contribution in [0.2, 0.25) is 0 Å². The zero-order valence-corrected chi connectivity index (χ0v) is 15.8. The Balaban J connectivity index is 1.80. The fourth-order valence-corrected chi connectivity index (χ4v) is 4.70. The summed E-state index contributed by atoms with van der Waals surface area (Å²) < 4.78 is 0. The molecule has 2 amide bonds. The van der Waals surface area contributed by atoms with Gasteiger partial charge in [-0.15, -0.1) is 11.8 Å². The van der Waals surface area contributed by atoms with Gasteiger partial charge in [0.15, 0.2) is 0 Å². The summed E-state index contributed by atoms with van der Waals surface area (Å²) in [7, 11) is 0. The lowest BCUT2D eigenvalue weighted by molar-refractivity contribution is -0.145. The summed E-state index contributed by atoms with van der Waals surface area (Å²) >= 11 is 1.67. The van der Waals surface area contributed by atoms with Crippen molar-refractivity contribution < 1.29 is 9.59 Å². The van der Waals surface area contributed by atoms with Crippen LogP contribution in [0.1, 0.15) is 37.4 Å². The van der Waals surface area contributed by atoms with Crippen molar-refractivity contribution in [2.75, 3.05) is 31.3 Å². The van der Waals surface area contributed by atoms with Crippen LogP contribution in [0.5, 0.6) is 0 Å². The Morgan fingerprint density at radius 1 is 1.20 bits per heavy atom. The number of thioether (sulfide) groups is 1. The van der Waals surface area contributed by atoms with E-state index < -0.39 is 0 Å². The molecule has 2 heterocycles. The molecule has 1 N–H and O–H groups in total. The Labute approximate surface area is 154 Å². The van der Waals surface area contributed by atoms with Crippen LogP contribution in [0.3, 0.4) is 0 Å². The van der Waals surface area contributed by atoms with E-state index in [-0.39, 0.29) is 23.9 Å². The first-order valence-electron chi connectivity index (χ1n) is 9.13. The summed E-state index contributed by atoms with van der Waals surface area (Å²) in [6.45, 7) is 6.25. The number of hydrogen-bond donors (Lipinski definition) is 1. The fraction of sp³-hybridized carbons (Fsp3) is 0.579. The fourth-order valence-electron chi connectivity index (χ4n) is 3.53. The lowest BCUT2D eigenvalue weighted by Crippen LogP contribution is -2.55. The highest BCUT2D eigenvalue weighted by atomic mass is 32.2. The second-order valence-corrected chi connectivity index (χ2v) is 7.58. The molecule has 2 aliphatic heterocycles. The van der Waals surface area contributed by atoms with Crippen LogP contribution in [0.25, 0.3) is 0 Å². The molecule has 3 rings (SSSR count). The van der Waals surface area contributed by atoms with E-state index in [4.69, 9.17) is 0 Å².